The largest absolute Gasteiger partial charge is 0.375 e. The van der Waals surface area contributed by atoms with Gasteiger partial charge in [0.15, 0.2) is 0 Å². The number of piperidine rings is 1. The van der Waals surface area contributed by atoms with Crippen LogP contribution in [-0.2, 0) is 21.6 Å². The molecule has 4 nitrogen and oxygen atoms in total. The van der Waals surface area contributed by atoms with Gasteiger partial charge in [0.25, 0.3) is 0 Å². The zero-order valence-electron chi connectivity index (χ0n) is 21.5. The summed E-state index contributed by atoms with van der Waals surface area (Å²) in [6, 6.07) is 19.4. The summed E-state index contributed by atoms with van der Waals surface area (Å²) in [5, 5.41) is 3.49. The second kappa shape index (κ2) is 10.8. The Kier molecular flexibility index (Phi) is 7.59. The fourth-order valence-corrected chi connectivity index (χ4v) is 7.02. The molecule has 4 heteroatoms. The second-order valence-corrected chi connectivity index (χ2v) is 11.3. The molecule has 1 saturated heterocycles. The molecule has 1 saturated carbocycles. The minimum absolute atomic E-state index is 0.174. The highest BCUT2D eigenvalue weighted by molar-refractivity contribution is 5.91. The molecule has 1 atom stereocenters. The summed E-state index contributed by atoms with van der Waals surface area (Å²) in [5.74, 6) is 2.44. The number of carbonyl (C=O) groups excluding carboxylic acids is 1. The highest BCUT2D eigenvalue weighted by Gasteiger charge is 2.52. The van der Waals surface area contributed by atoms with Gasteiger partial charge in [0.1, 0.15) is 0 Å². The third kappa shape index (κ3) is 4.93. The van der Waals surface area contributed by atoms with E-state index >= 15 is 0 Å². The molecular weight excluding hydrogens is 432 g/mol. The maximum absolute atomic E-state index is 14.4. The maximum atomic E-state index is 14.4. The van der Waals surface area contributed by atoms with Crippen LogP contribution < -0.4 is 5.32 Å². The van der Waals surface area contributed by atoms with Crippen molar-refractivity contribution in [1.29, 1.82) is 0 Å². The quantitative estimate of drug-likeness (QED) is 0.510. The smallest absolute Gasteiger partial charge is 0.233 e. The lowest BCUT2D eigenvalue weighted by molar-refractivity contribution is -0.146. The minimum atomic E-state index is -0.382. The molecule has 0 bridgehead atoms. The van der Waals surface area contributed by atoms with E-state index in [1.54, 1.807) is 0 Å². The van der Waals surface area contributed by atoms with E-state index < -0.39 is 0 Å². The van der Waals surface area contributed by atoms with Crippen LogP contribution in [0.3, 0.4) is 0 Å². The van der Waals surface area contributed by atoms with Gasteiger partial charge in [-0.05, 0) is 86.1 Å². The van der Waals surface area contributed by atoms with Crippen molar-refractivity contribution in [2.45, 2.75) is 70.4 Å². The van der Waals surface area contributed by atoms with Crippen LogP contribution >= 0.6 is 0 Å². The third-order valence-corrected chi connectivity index (χ3v) is 9.05. The molecule has 2 aliphatic heterocycles. The molecule has 2 aromatic rings. The van der Waals surface area contributed by atoms with Crippen LogP contribution in [0.15, 0.2) is 54.6 Å². The van der Waals surface area contributed by atoms with E-state index in [0.717, 1.165) is 37.8 Å². The zero-order chi connectivity index (χ0) is 24.3. The van der Waals surface area contributed by atoms with Crippen molar-refractivity contribution in [2.75, 3.05) is 26.2 Å². The number of hydrogen-bond acceptors (Lipinski definition) is 3. The summed E-state index contributed by atoms with van der Waals surface area (Å²) in [7, 11) is 0. The fraction of sp³-hybridized carbons (Fsp3) is 0.581. The first-order valence-electron chi connectivity index (χ1n) is 13.8. The van der Waals surface area contributed by atoms with Crippen LogP contribution in [0.4, 0.5) is 0 Å². The van der Waals surface area contributed by atoms with Crippen LogP contribution in [-0.4, -0.2) is 37.0 Å². The van der Waals surface area contributed by atoms with Gasteiger partial charge in [-0.3, -0.25) is 4.79 Å². The average Bonchev–Trinajstić information content (AvgIpc) is 2.91. The van der Waals surface area contributed by atoms with E-state index in [-0.39, 0.29) is 11.5 Å². The maximum Gasteiger partial charge on any atom is 0.233 e. The van der Waals surface area contributed by atoms with E-state index in [2.05, 4.69) is 60.5 Å². The molecule has 1 N–H and O–H groups in total. The predicted octanol–water partition coefficient (Wildman–Crippen LogP) is 5.87. The molecule has 2 fully saturated rings. The summed E-state index contributed by atoms with van der Waals surface area (Å²) in [5.41, 5.74) is 3.52. The Hall–Kier alpha value is -2.17. The number of ether oxygens (including phenoxy) is 1. The molecule has 5 rings (SSSR count). The number of fused-ring (bicyclic) bond motifs is 2. The van der Waals surface area contributed by atoms with Crippen LogP contribution in [0.1, 0.15) is 75.1 Å². The molecule has 188 valence electrons. The van der Waals surface area contributed by atoms with E-state index in [4.69, 9.17) is 4.74 Å². The van der Waals surface area contributed by atoms with Gasteiger partial charge in [0.05, 0.1) is 24.7 Å². The third-order valence-electron chi connectivity index (χ3n) is 9.05. The van der Waals surface area contributed by atoms with Crippen molar-refractivity contribution in [2.24, 2.45) is 17.8 Å². The minimum Gasteiger partial charge on any atom is -0.375 e. The van der Waals surface area contributed by atoms with Crippen molar-refractivity contribution in [3.8, 4) is 0 Å². The highest BCUT2D eigenvalue weighted by atomic mass is 16.5. The van der Waals surface area contributed by atoms with Crippen molar-refractivity contribution in [1.82, 2.24) is 10.2 Å². The molecule has 35 heavy (non-hydrogen) atoms. The number of carbonyl (C=O) groups is 1. The van der Waals surface area contributed by atoms with Crippen LogP contribution in [0, 0.1) is 17.8 Å². The molecule has 0 aromatic heterocycles. The van der Waals surface area contributed by atoms with E-state index in [0.29, 0.717) is 31.6 Å². The number of hydrogen-bond donors (Lipinski definition) is 1. The topological polar surface area (TPSA) is 41.6 Å². The number of nitrogens with one attached hydrogen (secondary N) is 1. The van der Waals surface area contributed by atoms with Gasteiger partial charge in [-0.2, -0.15) is 0 Å². The SMILES string of the molecule is CC(C)[C@H]1CC[C@@H](C2c3ccccc3C3(CCNCC3)C(=O)N2CCOCc2ccccc2)CC1. The average molecular weight is 475 g/mol. The van der Waals surface area contributed by atoms with Crippen molar-refractivity contribution >= 4 is 5.91 Å². The fourth-order valence-electron chi connectivity index (χ4n) is 7.02. The van der Waals surface area contributed by atoms with Crippen molar-refractivity contribution in [3.63, 3.8) is 0 Å². The predicted molar refractivity (Wildman–Crippen MR) is 141 cm³/mol. The number of rotatable bonds is 7. The lowest BCUT2D eigenvalue weighted by Crippen LogP contribution is -2.58. The normalized spacial score (nSPS) is 26.2. The Morgan fingerprint density at radius 2 is 1.66 bits per heavy atom. The van der Waals surface area contributed by atoms with Gasteiger partial charge in [0, 0.05) is 6.54 Å². The van der Waals surface area contributed by atoms with Crippen LogP contribution in [0.25, 0.3) is 0 Å². The van der Waals surface area contributed by atoms with E-state index in [1.807, 2.05) is 18.2 Å². The standard InChI is InChI=1S/C31H42N2O2/c1-23(2)25-12-14-26(15-13-25)29-27-10-6-7-11-28(27)31(16-18-32-19-17-31)30(34)33(29)20-21-35-22-24-8-4-3-5-9-24/h3-11,23,25-26,29,32H,12-22H2,1-2H3/t25-,26+,29?. The molecule has 1 amide bonds. The molecule has 1 unspecified atom stereocenters. The molecular formula is C31H42N2O2. The Balaban J connectivity index is 1.41. The molecule has 1 aliphatic carbocycles. The first-order chi connectivity index (χ1) is 17.1. The van der Waals surface area contributed by atoms with Gasteiger partial charge < -0.3 is 15.0 Å². The van der Waals surface area contributed by atoms with E-state index in [9.17, 15) is 4.79 Å². The Bertz CT molecular complexity index is 974. The second-order valence-electron chi connectivity index (χ2n) is 11.3. The Morgan fingerprint density at radius 1 is 0.971 bits per heavy atom. The molecule has 0 radical (unpaired) electrons. The van der Waals surface area contributed by atoms with Gasteiger partial charge in [0.2, 0.25) is 5.91 Å². The van der Waals surface area contributed by atoms with Gasteiger partial charge >= 0.3 is 0 Å². The zero-order valence-corrected chi connectivity index (χ0v) is 21.5. The van der Waals surface area contributed by atoms with Gasteiger partial charge in [-0.15, -0.1) is 0 Å². The summed E-state index contributed by atoms with van der Waals surface area (Å²) >= 11 is 0. The first kappa shape index (κ1) is 24.5. The first-order valence-corrected chi connectivity index (χ1v) is 13.8. The Morgan fingerprint density at radius 3 is 2.37 bits per heavy atom. The highest BCUT2D eigenvalue weighted by Crippen LogP contribution is 2.51. The van der Waals surface area contributed by atoms with Gasteiger partial charge in [-0.1, -0.05) is 68.4 Å². The summed E-state index contributed by atoms with van der Waals surface area (Å²) in [6.45, 7) is 8.38. The molecule has 3 aliphatic rings. The molecule has 1 spiro atoms. The number of nitrogens with zero attached hydrogens (tertiary/aromatic N) is 1. The lowest BCUT2D eigenvalue weighted by Gasteiger charge is -2.52. The van der Waals surface area contributed by atoms with E-state index in [1.165, 1.54) is 42.4 Å². The Labute approximate surface area is 211 Å². The lowest BCUT2D eigenvalue weighted by atomic mass is 9.64. The number of benzene rings is 2. The van der Waals surface area contributed by atoms with Crippen LogP contribution in [0.5, 0.6) is 0 Å². The van der Waals surface area contributed by atoms with Crippen molar-refractivity contribution < 1.29 is 9.53 Å². The summed E-state index contributed by atoms with van der Waals surface area (Å²) in [6.07, 6.45) is 6.76. The van der Waals surface area contributed by atoms with Crippen molar-refractivity contribution in [3.05, 3.63) is 71.3 Å². The monoisotopic (exact) mass is 474 g/mol. The summed E-state index contributed by atoms with van der Waals surface area (Å²) in [4.78, 5) is 16.6. The summed E-state index contributed by atoms with van der Waals surface area (Å²) < 4.78 is 6.11. The van der Waals surface area contributed by atoms with Crippen LogP contribution in [0.2, 0.25) is 0 Å². The molecule has 2 aromatic carbocycles. The van der Waals surface area contributed by atoms with Gasteiger partial charge in [-0.25, -0.2) is 0 Å². The number of amides is 1. The molecule has 2 heterocycles.